The zero-order valence-electron chi connectivity index (χ0n) is 13.7. The van der Waals surface area contributed by atoms with Gasteiger partial charge in [0.2, 0.25) is 0 Å². The van der Waals surface area contributed by atoms with Gasteiger partial charge in [-0.3, -0.25) is 0 Å². The van der Waals surface area contributed by atoms with Crippen LogP contribution in [0.5, 0.6) is 0 Å². The smallest absolute Gasteiger partial charge is 0.128 e. The first-order valence-corrected chi connectivity index (χ1v) is 7.83. The highest BCUT2D eigenvalue weighted by Gasteiger charge is 2.32. The topological polar surface area (TPSA) is 29.3 Å². The Bertz CT molecular complexity index is 452. The van der Waals surface area contributed by atoms with Crippen LogP contribution in [0.3, 0.4) is 0 Å². The highest BCUT2D eigenvalue weighted by molar-refractivity contribution is 5.28. The SMILES string of the molecule is C=C(C)CC(N)(CN(CCC)CCC)c1ccccc1F. The molecule has 0 spiro atoms. The average molecular weight is 292 g/mol. The molecule has 0 saturated carbocycles. The van der Waals surface area contributed by atoms with Gasteiger partial charge in [-0.05, 0) is 45.3 Å². The van der Waals surface area contributed by atoms with Gasteiger partial charge in [-0.2, -0.15) is 0 Å². The van der Waals surface area contributed by atoms with Gasteiger partial charge in [0.25, 0.3) is 0 Å². The summed E-state index contributed by atoms with van der Waals surface area (Å²) in [6.07, 6.45) is 2.73. The third-order valence-corrected chi connectivity index (χ3v) is 3.61. The summed E-state index contributed by atoms with van der Waals surface area (Å²) in [7, 11) is 0. The highest BCUT2D eigenvalue weighted by atomic mass is 19.1. The Morgan fingerprint density at radius 2 is 1.81 bits per heavy atom. The predicted octanol–water partition coefficient (Wildman–Crippen LogP) is 4.07. The van der Waals surface area contributed by atoms with Crippen molar-refractivity contribution in [3.63, 3.8) is 0 Å². The van der Waals surface area contributed by atoms with E-state index in [1.807, 2.05) is 13.0 Å². The summed E-state index contributed by atoms with van der Waals surface area (Å²) in [4.78, 5) is 2.33. The molecule has 0 saturated heterocycles. The van der Waals surface area contributed by atoms with Crippen LogP contribution in [0, 0.1) is 5.82 Å². The first kappa shape index (κ1) is 17.9. The van der Waals surface area contributed by atoms with Crippen molar-refractivity contribution in [2.75, 3.05) is 19.6 Å². The highest BCUT2D eigenvalue weighted by Crippen LogP contribution is 2.29. The molecule has 0 aromatic heterocycles. The third kappa shape index (κ3) is 5.25. The first-order valence-electron chi connectivity index (χ1n) is 7.83. The van der Waals surface area contributed by atoms with E-state index in [9.17, 15) is 4.39 Å². The van der Waals surface area contributed by atoms with E-state index in [2.05, 4.69) is 25.3 Å². The monoisotopic (exact) mass is 292 g/mol. The Hall–Kier alpha value is -1.19. The van der Waals surface area contributed by atoms with Gasteiger partial charge in [-0.1, -0.05) is 37.6 Å². The molecule has 1 unspecified atom stereocenters. The van der Waals surface area contributed by atoms with E-state index in [4.69, 9.17) is 5.73 Å². The molecular weight excluding hydrogens is 263 g/mol. The van der Waals surface area contributed by atoms with Crippen LogP contribution in [0.1, 0.15) is 45.6 Å². The van der Waals surface area contributed by atoms with Crippen LogP contribution in [0.4, 0.5) is 4.39 Å². The molecule has 2 nitrogen and oxygen atoms in total. The fourth-order valence-corrected chi connectivity index (χ4v) is 2.94. The molecule has 1 atom stereocenters. The predicted molar refractivity (Wildman–Crippen MR) is 88.7 cm³/mol. The van der Waals surface area contributed by atoms with Crippen molar-refractivity contribution in [1.82, 2.24) is 4.90 Å². The van der Waals surface area contributed by atoms with Crippen molar-refractivity contribution in [2.24, 2.45) is 5.73 Å². The average Bonchev–Trinajstić information content (AvgIpc) is 2.38. The fourth-order valence-electron chi connectivity index (χ4n) is 2.94. The zero-order valence-corrected chi connectivity index (χ0v) is 13.7. The Balaban J connectivity index is 3.08. The zero-order chi connectivity index (χ0) is 15.9. The molecule has 1 rings (SSSR count). The van der Waals surface area contributed by atoms with Crippen LogP contribution in [0.15, 0.2) is 36.4 Å². The van der Waals surface area contributed by atoms with E-state index < -0.39 is 5.54 Å². The van der Waals surface area contributed by atoms with Crippen LogP contribution >= 0.6 is 0 Å². The molecule has 2 N–H and O–H groups in total. The lowest BCUT2D eigenvalue weighted by Gasteiger charge is -2.36. The summed E-state index contributed by atoms with van der Waals surface area (Å²) >= 11 is 0. The minimum Gasteiger partial charge on any atom is -0.320 e. The van der Waals surface area contributed by atoms with Gasteiger partial charge in [0.15, 0.2) is 0 Å². The minimum atomic E-state index is -0.721. The van der Waals surface area contributed by atoms with Gasteiger partial charge < -0.3 is 10.6 Å². The summed E-state index contributed by atoms with van der Waals surface area (Å²) in [5, 5.41) is 0. The second kappa shape index (κ2) is 8.30. The molecule has 0 aliphatic heterocycles. The molecule has 0 radical (unpaired) electrons. The van der Waals surface area contributed by atoms with E-state index in [1.165, 1.54) is 6.07 Å². The largest absolute Gasteiger partial charge is 0.320 e. The quantitative estimate of drug-likeness (QED) is 0.695. The lowest BCUT2D eigenvalue weighted by atomic mass is 9.84. The van der Waals surface area contributed by atoms with Gasteiger partial charge >= 0.3 is 0 Å². The fraction of sp³-hybridized carbons (Fsp3) is 0.556. The van der Waals surface area contributed by atoms with Gasteiger partial charge in [-0.15, -0.1) is 6.58 Å². The summed E-state index contributed by atoms with van der Waals surface area (Å²) in [6, 6.07) is 6.84. The van der Waals surface area contributed by atoms with Crippen LogP contribution in [-0.2, 0) is 5.54 Å². The normalized spacial score (nSPS) is 14.2. The maximum absolute atomic E-state index is 14.2. The van der Waals surface area contributed by atoms with E-state index in [1.54, 1.807) is 12.1 Å². The molecule has 118 valence electrons. The number of hydrogen-bond acceptors (Lipinski definition) is 2. The maximum Gasteiger partial charge on any atom is 0.128 e. The van der Waals surface area contributed by atoms with Crippen molar-refractivity contribution in [3.05, 3.63) is 47.8 Å². The summed E-state index contributed by atoms with van der Waals surface area (Å²) in [6.45, 7) is 12.9. The number of halogens is 1. The molecular formula is C18H29FN2. The van der Waals surface area contributed by atoms with Crippen molar-refractivity contribution in [2.45, 2.75) is 45.6 Å². The maximum atomic E-state index is 14.2. The first-order chi connectivity index (χ1) is 9.92. The van der Waals surface area contributed by atoms with E-state index in [0.717, 1.165) is 31.5 Å². The summed E-state index contributed by atoms with van der Waals surface area (Å²) < 4.78 is 14.2. The second-order valence-electron chi connectivity index (χ2n) is 6.05. The molecule has 1 aromatic rings. The van der Waals surface area contributed by atoms with E-state index in [-0.39, 0.29) is 5.82 Å². The molecule has 3 heteroatoms. The summed E-state index contributed by atoms with van der Waals surface area (Å²) in [5.74, 6) is -0.228. The molecule has 0 aliphatic rings. The Morgan fingerprint density at radius 3 is 2.29 bits per heavy atom. The van der Waals surface area contributed by atoms with Crippen molar-refractivity contribution < 1.29 is 4.39 Å². The molecule has 0 aliphatic carbocycles. The van der Waals surface area contributed by atoms with Crippen molar-refractivity contribution in [1.29, 1.82) is 0 Å². The number of nitrogens with two attached hydrogens (primary N) is 1. The van der Waals surface area contributed by atoms with Gasteiger partial charge in [0, 0.05) is 12.1 Å². The third-order valence-electron chi connectivity index (χ3n) is 3.61. The Labute approximate surface area is 128 Å². The lowest BCUT2D eigenvalue weighted by molar-refractivity contribution is 0.203. The van der Waals surface area contributed by atoms with Crippen molar-refractivity contribution >= 4 is 0 Å². The second-order valence-corrected chi connectivity index (χ2v) is 6.05. The van der Waals surface area contributed by atoms with Crippen LogP contribution < -0.4 is 5.73 Å². The molecule has 0 fully saturated rings. The van der Waals surface area contributed by atoms with Crippen LogP contribution in [-0.4, -0.2) is 24.5 Å². The molecule has 21 heavy (non-hydrogen) atoms. The molecule has 0 heterocycles. The number of benzene rings is 1. The number of hydrogen-bond donors (Lipinski definition) is 1. The lowest BCUT2D eigenvalue weighted by Crippen LogP contribution is -2.49. The Morgan fingerprint density at radius 1 is 1.24 bits per heavy atom. The number of nitrogens with zero attached hydrogens (tertiary/aromatic N) is 1. The van der Waals surface area contributed by atoms with Crippen molar-refractivity contribution in [3.8, 4) is 0 Å². The minimum absolute atomic E-state index is 0.228. The van der Waals surface area contributed by atoms with E-state index >= 15 is 0 Å². The van der Waals surface area contributed by atoms with Gasteiger partial charge in [0.05, 0.1) is 5.54 Å². The molecule has 0 bridgehead atoms. The summed E-state index contributed by atoms with van der Waals surface area (Å²) in [5.41, 5.74) is 7.49. The number of rotatable bonds is 9. The van der Waals surface area contributed by atoms with Crippen LogP contribution in [0.25, 0.3) is 0 Å². The Kier molecular flexibility index (Phi) is 7.06. The van der Waals surface area contributed by atoms with Gasteiger partial charge in [0.1, 0.15) is 5.82 Å². The molecule has 1 aromatic carbocycles. The molecule has 0 amide bonds. The standard InChI is InChI=1S/C18H29FN2/c1-5-11-21(12-6-2)14-18(20,13-15(3)4)16-9-7-8-10-17(16)19/h7-10H,3,5-6,11-14,20H2,1-2,4H3. The van der Waals surface area contributed by atoms with E-state index in [0.29, 0.717) is 18.5 Å². The van der Waals surface area contributed by atoms with Crippen LogP contribution in [0.2, 0.25) is 0 Å². The van der Waals surface area contributed by atoms with Gasteiger partial charge in [-0.25, -0.2) is 4.39 Å².